The van der Waals surface area contributed by atoms with Gasteiger partial charge in [0.05, 0.1) is 0 Å². The van der Waals surface area contributed by atoms with Crippen LogP contribution in [0.2, 0.25) is 0 Å². The van der Waals surface area contributed by atoms with Crippen molar-refractivity contribution in [2.45, 2.75) is 32.2 Å². The van der Waals surface area contributed by atoms with Crippen molar-refractivity contribution in [3.63, 3.8) is 0 Å². The summed E-state index contributed by atoms with van der Waals surface area (Å²) >= 11 is 0. The lowest BCUT2D eigenvalue weighted by Crippen LogP contribution is -2.33. The molecule has 1 aliphatic rings. The number of hydrogen-bond donors (Lipinski definition) is 2. The quantitative estimate of drug-likeness (QED) is 0.774. The van der Waals surface area contributed by atoms with Crippen LogP contribution in [-0.2, 0) is 0 Å². The summed E-state index contributed by atoms with van der Waals surface area (Å²) in [5.41, 5.74) is 6.07. The number of rotatable bonds is 2. The van der Waals surface area contributed by atoms with Crippen molar-refractivity contribution in [1.82, 2.24) is 5.32 Å². The molecule has 0 spiro atoms. The Hall–Kier alpha value is -1.58. The average molecular weight is 236 g/mol. The Morgan fingerprint density at radius 1 is 1.41 bits per heavy atom. The second-order valence-corrected chi connectivity index (χ2v) is 4.86. The topological polar surface area (TPSA) is 55.1 Å². The van der Waals surface area contributed by atoms with Gasteiger partial charge < -0.3 is 11.1 Å². The Bertz CT molecular complexity index is 413. The van der Waals surface area contributed by atoms with Crippen LogP contribution < -0.4 is 11.1 Å². The summed E-state index contributed by atoms with van der Waals surface area (Å²) in [4.78, 5) is 11.9. The summed E-state index contributed by atoms with van der Waals surface area (Å²) in [6.45, 7) is 2.17. The Morgan fingerprint density at radius 3 is 2.76 bits per heavy atom. The van der Waals surface area contributed by atoms with Crippen LogP contribution in [0.3, 0.4) is 0 Å². The minimum Gasteiger partial charge on any atom is -0.399 e. The molecule has 1 saturated carbocycles. The van der Waals surface area contributed by atoms with Crippen LogP contribution in [0.4, 0.5) is 10.1 Å². The third kappa shape index (κ3) is 2.96. The maximum Gasteiger partial charge on any atom is 0.251 e. The Balaban J connectivity index is 2.04. The molecule has 0 radical (unpaired) electrons. The van der Waals surface area contributed by atoms with E-state index >= 15 is 0 Å². The highest BCUT2D eigenvalue weighted by Gasteiger charge is 2.23. The van der Waals surface area contributed by atoms with Crippen LogP contribution in [0.15, 0.2) is 18.2 Å². The zero-order valence-electron chi connectivity index (χ0n) is 9.87. The largest absolute Gasteiger partial charge is 0.399 e. The Morgan fingerprint density at radius 2 is 2.18 bits per heavy atom. The summed E-state index contributed by atoms with van der Waals surface area (Å²) in [5.74, 6) is -0.0666. The van der Waals surface area contributed by atoms with E-state index in [1.165, 1.54) is 18.2 Å². The van der Waals surface area contributed by atoms with E-state index in [0.717, 1.165) is 19.3 Å². The molecular formula is C13H17FN2O. The van der Waals surface area contributed by atoms with E-state index < -0.39 is 5.82 Å². The predicted octanol–water partition coefficient (Wildman–Crippen LogP) is 2.33. The Labute approximate surface area is 100 Å². The normalized spacial score (nSPS) is 23.6. The first-order valence-corrected chi connectivity index (χ1v) is 5.91. The highest BCUT2D eigenvalue weighted by Crippen LogP contribution is 2.25. The van der Waals surface area contributed by atoms with Crippen molar-refractivity contribution in [3.8, 4) is 0 Å². The number of nitrogens with one attached hydrogen (secondary N) is 1. The van der Waals surface area contributed by atoms with Crippen LogP contribution in [0, 0.1) is 11.7 Å². The summed E-state index contributed by atoms with van der Waals surface area (Å²) in [5, 5.41) is 2.92. The first-order chi connectivity index (χ1) is 8.04. The van der Waals surface area contributed by atoms with Crippen molar-refractivity contribution < 1.29 is 9.18 Å². The summed E-state index contributed by atoms with van der Waals surface area (Å²) in [6.07, 6.45) is 3.13. The summed E-state index contributed by atoms with van der Waals surface area (Å²) < 4.78 is 13.1. The zero-order valence-corrected chi connectivity index (χ0v) is 9.87. The van der Waals surface area contributed by atoms with Crippen LogP contribution in [0.25, 0.3) is 0 Å². The number of carbonyl (C=O) groups excluding carboxylic acids is 1. The van der Waals surface area contributed by atoms with Crippen LogP contribution >= 0.6 is 0 Å². The lowest BCUT2D eigenvalue weighted by Gasteiger charge is -2.12. The zero-order chi connectivity index (χ0) is 12.4. The third-order valence-corrected chi connectivity index (χ3v) is 3.21. The number of nitrogens with two attached hydrogens (primary N) is 1. The van der Waals surface area contributed by atoms with Crippen molar-refractivity contribution >= 4 is 11.6 Å². The van der Waals surface area contributed by atoms with E-state index in [2.05, 4.69) is 12.2 Å². The molecule has 1 fully saturated rings. The number of anilines is 1. The van der Waals surface area contributed by atoms with Crippen molar-refractivity contribution in [2.75, 3.05) is 5.73 Å². The van der Waals surface area contributed by atoms with Gasteiger partial charge in [-0.15, -0.1) is 0 Å². The van der Waals surface area contributed by atoms with Gasteiger partial charge in [-0.2, -0.15) is 0 Å². The van der Waals surface area contributed by atoms with Gasteiger partial charge in [-0.1, -0.05) is 6.92 Å². The first-order valence-electron chi connectivity index (χ1n) is 5.91. The number of nitrogen functional groups attached to an aromatic ring is 1. The number of halogens is 1. The second-order valence-electron chi connectivity index (χ2n) is 4.86. The highest BCUT2D eigenvalue weighted by atomic mass is 19.1. The molecule has 0 bridgehead atoms. The van der Waals surface area contributed by atoms with Crippen molar-refractivity contribution in [2.24, 2.45) is 5.92 Å². The molecule has 3 nitrogen and oxygen atoms in total. The maximum absolute atomic E-state index is 13.1. The number of benzene rings is 1. The lowest BCUT2D eigenvalue weighted by atomic mass is 10.1. The van der Waals surface area contributed by atoms with Gasteiger partial charge in [0.2, 0.25) is 0 Å². The van der Waals surface area contributed by atoms with Gasteiger partial charge in [-0.05, 0) is 43.4 Å². The van der Waals surface area contributed by atoms with E-state index in [1.54, 1.807) is 0 Å². The van der Waals surface area contributed by atoms with E-state index in [0.29, 0.717) is 11.5 Å². The van der Waals surface area contributed by atoms with E-state index in [4.69, 9.17) is 5.73 Å². The molecule has 0 aliphatic heterocycles. The van der Waals surface area contributed by atoms with E-state index in [-0.39, 0.29) is 17.6 Å². The molecular weight excluding hydrogens is 219 g/mol. The molecule has 1 aromatic rings. The molecule has 17 heavy (non-hydrogen) atoms. The smallest absolute Gasteiger partial charge is 0.251 e. The summed E-state index contributed by atoms with van der Waals surface area (Å²) in [6, 6.07) is 4.12. The monoisotopic (exact) mass is 236 g/mol. The molecule has 92 valence electrons. The molecule has 2 atom stereocenters. The SMILES string of the molecule is CC1CCC(NC(=O)c2cc(N)cc(F)c2)C1. The third-order valence-electron chi connectivity index (χ3n) is 3.21. The fraction of sp³-hybridized carbons (Fsp3) is 0.462. The van der Waals surface area contributed by atoms with Gasteiger partial charge in [-0.3, -0.25) is 4.79 Å². The first kappa shape index (κ1) is 11.9. The molecule has 2 rings (SSSR count). The predicted molar refractivity (Wildman–Crippen MR) is 65.1 cm³/mol. The van der Waals surface area contributed by atoms with Gasteiger partial charge in [0.1, 0.15) is 5.82 Å². The average Bonchev–Trinajstić information content (AvgIpc) is 2.62. The fourth-order valence-corrected chi connectivity index (χ4v) is 2.35. The van der Waals surface area contributed by atoms with Crippen LogP contribution in [-0.4, -0.2) is 11.9 Å². The van der Waals surface area contributed by atoms with Gasteiger partial charge in [0.15, 0.2) is 0 Å². The molecule has 1 amide bonds. The lowest BCUT2D eigenvalue weighted by molar-refractivity contribution is 0.0937. The number of amides is 1. The van der Waals surface area contributed by atoms with Crippen molar-refractivity contribution in [3.05, 3.63) is 29.6 Å². The molecule has 1 aliphatic carbocycles. The maximum atomic E-state index is 13.1. The minimum absolute atomic E-state index is 0.210. The molecule has 4 heteroatoms. The van der Waals surface area contributed by atoms with Gasteiger partial charge >= 0.3 is 0 Å². The second kappa shape index (κ2) is 4.73. The van der Waals surface area contributed by atoms with E-state index in [1.807, 2.05) is 0 Å². The Kier molecular flexibility index (Phi) is 3.31. The number of carbonyl (C=O) groups is 1. The van der Waals surface area contributed by atoms with Crippen LogP contribution in [0.1, 0.15) is 36.5 Å². The van der Waals surface area contributed by atoms with Gasteiger partial charge in [-0.25, -0.2) is 4.39 Å². The molecule has 1 aromatic carbocycles. The molecule has 3 N–H and O–H groups in total. The highest BCUT2D eigenvalue weighted by molar-refractivity contribution is 5.95. The molecule has 0 aromatic heterocycles. The minimum atomic E-state index is -0.477. The number of hydrogen-bond acceptors (Lipinski definition) is 2. The standard InChI is InChI=1S/C13H17FN2O/c1-8-2-3-12(4-8)16-13(17)9-5-10(14)7-11(15)6-9/h5-8,12H,2-4,15H2,1H3,(H,16,17). The van der Waals surface area contributed by atoms with Crippen molar-refractivity contribution in [1.29, 1.82) is 0 Å². The molecule has 0 saturated heterocycles. The van der Waals surface area contributed by atoms with E-state index in [9.17, 15) is 9.18 Å². The molecule has 0 heterocycles. The van der Waals surface area contributed by atoms with Gasteiger partial charge in [0.25, 0.3) is 5.91 Å². The molecule has 2 unspecified atom stereocenters. The summed E-state index contributed by atoms with van der Waals surface area (Å²) in [7, 11) is 0. The van der Waals surface area contributed by atoms with Gasteiger partial charge in [0, 0.05) is 17.3 Å². The fourth-order valence-electron chi connectivity index (χ4n) is 2.35. The van der Waals surface area contributed by atoms with Crippen LogP contribution in [0.5, 0.6) is 0 Å².